The van der Waals surface area contributed by atoms with Crippen molar-refractivity contribution >= 4 is 45.7 Å². The van der Waals surface area contributed by atoms with E-state index in [0.29, 0.717) is 50.6 Å². The van der Waals surface area contributed by atoms with E-state index >= 15 is 0 Å². The average molecular weight is 1040 g/mol. The van der Waals surface area contributed by atoms with Gasteiger partial charge in [-0.2, -0.15) is 0 Å². The molecule has 0 saturated carbocycles. The highest BCUT2D eigenvalue weighted by atomic mass is 19.1. The minimum absolute atomic E-state index is 0.00250. The Morgan fingerprint density at radius 1 is 0.933 bits per heavy atom. The first-order chi connectivity index (χ1) is 35.5. The van der Waals surface area contributed by atoms with Gasteiger partial charge in [-0.1, -0.05) is 59.8 Å². The molecule has 6 aliphatic heterocycles. The van der Waals surface area contributed by atoms with Crippen molar-refractivity contribution in [3.63, 3.8) is 0 Å². The Labute approximate surface area is 436 Å². The number of nitrogens with zero attached hydrogens (tertiary/aromatic N) is 4. The molecular formula is C56H71FN6O12. The van der Waals surface area contributed by atoms with Crippen LogP contribution in [-0.2, 0) is 28.6 Å². The standard InChI is InChI=1S/C56H71FN6O12/c1-28(2)25-62-21-19-56(20-22-62)60-44-41-42-49(68)34(8)52-43(41)53(70)55(9,75-52)73-23-18-38(72-10)31(5)51(74-40(65)24-39(64)63-26-37(27-63)58-36-16-14-35(57)15-17-36)33(7)48(67)32(6)47(66)29(3)12-11-13-30(4)54(71)59-46(50(42)69)45(44)61-56/h11-18,23,28-29,31-33,37-38,47-48,51,58,66-69H,19-22,24-27H2,1-10H3,(H,59,71)/b12-11+,23-18+,30-13-/t29?,31-,32-,33-,38+,47+,48?,51?,55+/m1/s1. The lowest BCUT2D eigenvalue weighted by Gasteiger charge is -2.40. The fourth-order valence-corrected chi connectivity index (χ4v) is 11.0. The van der Waals surface area contributed by atoms with Crippen LogP contribution in [0.4, 0.5) is 15.8 Å². The van der Waals surface area contributed by atoms with Crippen LogP contribution < -0.4 is 26.1 Å². The van der Waals surface area contributed by atoms with Crippen molar-refractivity contribution in [2.45, 2.75) is 123 Å². The number of halogens is 1. The van der Waals surface area contributed by atoms with Crippen LogP contribution in [0.15, 0.2) is 70.4 Å². The van der Waals surface area contributed by atoms with Crippen molar-refractivity contribution in [1.29, 1.82) is 0 Å². The number of anilines is 2. The number of likely N-dealkylation sites (tertiary alicyclic amines) is 2. The lowest BCUT2D eigenvalue weighted by molar-refractivity contribution is -0.166. The summed E-state index contributed by atoms with van der Waals surface area (Å²) < 4.78 is 38.0. The second-order valence-electron chi connectivity index (χ2n) is 21.7. The minimum Gasteiger partial charge on any atom is -0.507 e. The number of phenols is 2. The van der Waals surface area contributed by atoms with Gasteiger partial charge in [0, 0.05) is 105 Å². The van der Waals surface area contributed by atoms with E-state index in [9.17, 15) is 44.0 Å². The predicted octanol–water partition coefficient (Wildman–Crippen LogP) is 5.58. The summed E-state index contributed by atoms with van der Waals surface area (Å²) in [7, 11) is 1.42. The monoisotopic (exact) mass is 1040 g/mol. The summed E-state index contributed by atoms with van der Waals surface area (Å²) in [4.78, 5) is 70.3. The normalized spacial score (nSPS) is 29.8. The number of aliphatic hydroxyl groups excluding tert-OH is 2. The van der Waals surface area contributed by atoms with Gasteiger partial charge in [-0.25, -0.2) is 4.39 Å². The van der Waals surface area contributed by atoms with Gasteiger partial charge in [0.15, 0.2) is 11.4 Å². The zero-order valence-electron chi connectivity index (χ0n) is 44.3. The number of ketones is 1. The summed E-state index contributed by atoms with van der Waals surface area (Å²) in [6.07, 6.45) is 3.55. The van der Waals surface area contributed by atoms with Gasteiger partial charge in [0.25, 0.3) is 11.7 Å². The van der Waals surface area contributed by atoms with E-state index in [4.69, 9.17) is 28.9 Å². The summed E-state index contributed by atoms with van der Waals surface area (Å²) in [5.41, 5.74) is -0.0656. The number of nitrogens with one attached hydrogen (secondary N) is 2. The largest absolute Gasteiger partial charge is 0.507 e. The number of esters is 1. The van der Waals surface area contributed by atoms with Crippen LogP contribution in [0.25, 0.3) is 10.8 Å². The first kappa shape index (κ1) is 54.8. The molecule has 2 amide bonds. The van der Waals surface area contributed by atoms with Gasteiger partial charge < -0.3 is 59.8 Å². The quantitative estimate of drug-likeness (QED) is 0.0918. The molecular weight excluding hydrogens is 968 g/mol. The molecule has 1 spiro atoms. The Kier molecular flexibility index (Phi) is 15.8. The van der Waals surface area contributed by atoms with Crippen LogP contribution >= 0.6 is 0 Å². The molecule has 0 radical (unpaired) electrons. The molecule has 75 heavy (non-hydrogen) atoms. The van der Waals surface area contributed by atoms with Gasteiger partial charge in [-0.05, 0) is 50.1 Å². The van der Waals surface area contributed by atoms with Gasteiger partial charge >= 0.3 is 11.8 Å². The number of aromatic hydroxyl groups is 2. The molecule has 18 nitrogen and oxygen atoms in total. The van der Waals surface area contributed by atoms with E-state index in [1.807, 2.05) is 0 Å². The first-order valence-electron chi connectivity index (χ1n) is 25.9. The lowest BCUT2D eigenvalue weighted by Crippen LogP contribution is -2.57. The molecule has 2 saturated heterocycles. The van der Waals surface area contributed by atoms with E-state index in [-0.39, 0.29) is 61.5 Å². The van der Waals surface area contributed by atoms with E-state index in [1.54, 1.807) is 58.9 Å². The van der Waals surface area contributed by atoms with Gasteiger partial charge in [-0.15, -0.1) is 0 Å². The molecule has 6 N–H and O–H groups in total. The summed E-state index contributed by atoms with van der Waals surface area (Å²) in [6, 6.07) is 5.75. The molecule has 6 heterocycles. The molecule has 3 aromatic carbocycles. The number of fused-ring (bicyclic) bond motifs is 13. The van der Waals surface area contributed by atoms with Crippen LogP contribution in [0.2, 0.25) is 0 Å². The zero-order chi connectivity index (χ0) is 54.4. The summed E-state index contributed by atoms with van der Waals surface area (Å²) >= 11 is 0. The Balaban J connectivity index is 1.14. The highest BCUT2D eigenvalue weighted by Crippen LogP contribution is 2.50. The third-order valence-corrected chi connectivity index (χ3v) is 15.6. The predicted molar refractivity (Wildman–Crippen MR) is 277 cm³/mol. The second-order valence-corrected chi connectivity index (χ2v) is 21.7. The maximum atomic E-state index is 14.9. The number of rotatable bonds is 8. The third-order valence-electron chi connectivity index (χ3n) is 15.6. The maximum absolute atomic E-state index is 14.9. The van der Waals surface area contributed by atoms with Gasteiger partial charge in [0.1, 0.15) is 40.9 Å². The number of allylic oxidation sites excluding steroid dienone is 2. The number of hydrogen-bond acceptors (Lipinski definition) is 16. The third kappa shape index (κ3) is 10.9. The van der Waals surface area contributed by atoms with Crippen molar-refractivity contribution in [3.05, 3.63) is 88.1 Å². The van der Waals surface area contributed by atoms with Crippen molar-refractivity contribution in [1.82, 2.24) is 9.80 Å². The van der Waals surface area contributed by atoms with Crippen LogP contribution in [0, 0.1) is 42.3 Å². The molecule has 9 atom stereocenters. The van der Waals surface area contributed by atoms with Crippen LogP contribution in [0.3, 0.4) is 0 Å². The molecule has 5 bridgehead atoms. The van der Waals surface area contributed by atoms with Crippen LogP contribution in [0.1, 0.15) is 90.6 Å². The fourth-order valence-electron chi connectivity index (χ4n) is 11.0. The molecule has 2 fully saturated rings. The number of carbonyl (C=O) groups is 4. The van der Waals surface area contributed by atoms with Crippen molar-refractivity contribution in [2.24, 2.45) is 39.6 Å². The first-order valence-corrected chi connectivity index (χ1v) is 25.9. The number of Topliss-reactive ketones (excluding diaryl/α,β-unsaturated/α-hetero) is 1. The number of amides is 2. The van der Waals surface area contributed by atoms with Crippen molar-refractivity contribution in [2.75, 3.05) is 50.5 Å². The fraction of sp³-hybridized carbons (Fsp3) is 0.536. The van der Waals surface area contributed by atoms with Gasteiger partial charge in [-0.3, -0.25) is 29.2 Å². The van der Waals surface area contributed by atoms with E-state index in [0.717, 1.165) is 6.54 Å². The number of hydrogen-bond donors (Lipinski definition) is 6. The van der Waals surface area contributed by atoms with Crippen molar-refractivity contribution in [3.8, 4) is 17.2 Å². The SMILES string of the molecule is CO[C@H]1/C=C/O[C@@]2(C)Oc3c(C)c(O)c4c(O)c(c5c(c4c3C2=O)=NC2(CCN(CC(C)C)CC2)N=5)NC(=O)/C(C)=C\C=C\C(C)[C@H](O)[C@@H](C)C(O)[C@@H](C)C(OC(=O)CC(=O)N2CC(Nc3ccc(F)cc3)C2)[C@@H]1C. The number of benzene rings is 3. The average Bonchev–Trinajstić information content (AvgIpc) is 3.86. The van der Waals surface area contributed by atoms with Gasteiger partial charge in [0.05, 0.1) is 46.9 Å². The summed E-state index contributed by atoms with van der Waals surface area (Å²) in [5.74, 6) is -8.44. The Bertz CT molecular complexity index is 2950. The smallest absolute Gasteiger partial charge is 0.315 e. The van der Waals surface area contributed by atoms with Crippen LogP contribution in [-0.4, -0.2) is 136 Å². The molecule has 0 aromatic heterocycles. The van der Waals surface area contributed by atoms with Crippen molar-refractivity contribution < 1.29 is 62.9 Å². The topological polar surface area (TPSA) is 241 Å². The molecule has 0 aliphatic carbocycles. The van der Waals surface area contributed by atoms with Gasteiger partial charge in [0.2, 0.25) is 5.91 Å². The van der Waals surface area contributed by atoms with E-state index in [2.05, 4.69) is 29.4 Å². The molecule has 6 aliphatic rings. The highest BCUT2D eigenvalue weighted by molar-refractivity contribution is 6.19. The number of methoxy groups -OCH3 is 1. The van der Waals surface area contributed by atoms with Crippen LogP contribution in [0.5, 0.6) is 17.2 Å². The lowest BCUT2D eigenvalue weighted by atomic mass is 9.78. The minimum atomic E-state index is -2.04. The summed E-state index contributed by atoms with van der Waals surface area (Å²) in [5, 5.41) is 54.2. The molecule has 19 heteroatoms. The number of aliphatic hydroxyl groups is 2. The number of piperidine rings is 1. The molecule has 9 rings (SSSR count). The maximum Gasteiger partial charge on any atom is 0.315 e. The number of ether oxygens (including phenoxy) is 4. The molecule has 3 unspecified atom stereocenters. The number of phenolic OH excluding ortho intramolecular Hbond substituents is 2. The van der Waals surface area contributed by atoms with E-state index < -0.39 is 101 Å². The summed E-state index contributed by atoms with van der Waals surface area (Å²) in [6.45, 7) is 18.5. The van der Waals surface area contributed by atoms with E-state index in [1.165, 1.54) is 56.4 Å². The molecule has 404 valence electrons. The Morgan fingerprint density at radius 3 is 2.25 bits per heavy atom. The number of carbonyl (C=O) groups excluding carboxylic acids is 4. The molecule has 3 aromatic rings. The zero-order valence-corrected chi connectivity index (χ0v) is 44.3. The second kappa shape index (κ2) is 21.7. The Hall–Kier alpha value is -6.41. The Morgan fingerprint density at radius 2 is 1.60 bits per heavy atom. The highest BCUT2D eigenvalue weighted by Gasteiger charge is 2.50.